The molecule has 0 saturated heterocycles. The molecule has 0 spiro atoms. The van der Waals surface area contributed by atoms with E-state index in [0.29, 0.717) is 0 Å². The van der Waals surface area contributed by atoms with Gasteiger partial charge in [-0.1, -0.05) is 20.8 Å². The first-order valence-corrected chi connectivity index (χ1v) is 9.25. The molecule has 126 valence electrons. The molecule has 3 aromatic rings. The van der Waals surface area contributed by atoms with Gasteiger partial charge in [0.25, 0.3) is 0 Å². The number of rotatable bonds is 3. The van der Waals surface area contributed by atoms with Gasteiger partial charge in [0, 0.05) is 23.7 Å². The van der Waals surface area contributed by atoms with Crippen LogP contribution < -0.4 is 5.32 Å². The zero-order valence-electron chi connectivity index (χ0n) is 14.6. The maximum atomic E-state index is 4.60. The van der Waals surface area contributed by atoms with Crippen LogP contribution in [0.15, 0.2) is 18.7 Å². The summed E-state index contributed by atoms with van der Waals surface area (Å²) in [6, 6.07) is 0.140. The van der Waals surface area contributed by atoms with E-state index in [4.69, 9.17) is 0 Å². The summed E-state index contributed by atoms with van der Waals surface area (Å²) in [5, 5.41) is 9.29. The SMILES string of the molecule is Cn1cc(C(Nc2ncnc3sc4c(c23)CCC4)C(C)(C)C)cn1. The summed E-state index contributed by atoms with van der Waals surface area (Å²) in [7, 11) is 1.96. The fourth-order valence-electron chi connectivity index (χ4n) is 3.56. The molecule has 0 saturated carbocycles. The molecule has 3 heterocycles. The quantitative estimate of drug-likeness (QED) is 0.779. The van der Waals surface area contributed by atoms with Crippen LogP contribution in [0.5, 0.6) is 0 Å². The molecule has 1 atom stereocenters. The summed E-state index contributed by atoms with van der Waals surface area (Å²) in [6.45, 7) is 6.73. The lowest BCUT2D eigenvalue weighted by atomic mass is 9.83. The fourth-order valence-corrected chi connectivity index (χ4v) is 4.79. The van der Waals surface area contributed by atoms with E-state index in [1.54, 1.807) is 6.33 Å². The summed E-state index contributed by atoms with van der Waals surface area (Å²) in [6.07, 6.45) is 9.28. The molecule has 0 aliphatic heterocycles. The number of hydrogen-bond donors (Lipinski definition) is 1. The second kappa shape index (κ2) is 5.55. The molecule has 5 nitrogen and oxygen atoms in total. The number of nitrogens with zero attached hydrogens (tertiary/aromatic N) is 4. The topological polar surface area (TPSA) is 55.6 Å². The Balaban J connectivity index is 1.79. The van der Waals surface area contributed by atoms with Crippen molar-refractivity contribution in [2.24, 2.45) is 12.5 Å². The number of hydrogen-bond acceptors (Lipinski definition) is 5. The Morgan fingerprint density at radius 2 is 2.08 bits per heavy atom. The first kappa shape index (κ1) is 15.6. The average Bonchev–Trinajstić information content (AvgIpc) is 3.18. The number of anilines is 1. The van der Waals surface area contributed by atoms with Gasteiger partial charge in [-0.3, -0.25) is 4.68 Å². The number of aryl methyl sites for hydroxylation is 3. The molecule has 24 heavy (non-hydrogen) atoms. The molecule has 0 bridgehead atoms. The fraction of sp³-hybridized carbons (Fsp3) is 0.500. The Morgan fingerprint density at radius 1 is 1.25 bits per heavy atom. The molecular formula is C18H23N5S. The van der Waals surface area contributed by atoms with Gasteiger partial charge in [0.05, 0.1) is 17.6 Å². The van der Waals surface area contributed by atoms with Crippen molar-refractivity contribution in [3.63, 3.8) is 0 Å². The second-order valence-electron chi connectivity index (χ2n) is 7.65. The highest BCUT2D eigenvalue weighted by Crippen LogP contribution is 2.42. The average molecular weight is 341 g/mol. The van der Waals surface area contributed by atoms with Crippen molar-refractivity contribution in [1.29, 1.82) is 0 Å². The Bertz CT molecular complexity index is 887. The minimum atomic E-state index is 0.0412. The number of nitrogens with one attached hydrogen (secondary N) is 1. The molecule has 0 aromatic carbocycles. The summed E-state index contributed by atoms with van der Waals surface area (Å²) in [5.74, 6) is 0.961. The molecule has 0 amide bonds. The van der Waals surface area contributed by atoms with Crippen LogP contribution in [-0.4, -0.2) is 19.7 Å². The smallest absolute Gasteiger partial charge is 0.138 e. The van der Waals surface area contributed by atoms with Crippen LogP contribution in [0, 0.1) is 5.41 Å². The minimum Gasteiger partial charge on any atom is -0.362 e. The predicted octanol–water partition coefficient (Wildman–Crippen LogP) is 4.11. The van der Waals surface area contributed by atoms with Crippen molar-refractivity contribution in [3.05, 3.63) is 34.7 Å². The van der Waals surface area contributed by atoms with E-state index >= 15 is 0 Å². The summed E-state index contributed by atoms with van der Waals surface area (Å²) in [4.78, 5) is 11.7. The normalized spacial score (nSPS) is 15.7. The Morgan fingerprint density at radius 3 is 2.79 bits per heavy atom. The van der Waals surface area contributed by atoms with Gasteiger partial charge in [0.15, 0.2) is 0 Å². The van der Waals surface area contributed by atoms with Crippen LogP contribution in [0.4, 0.5) is 5.82 Å². The summed E-state index contributed by atoms with van der Waals surface area (Å²) in [5.41, 5.74) is 2.68. The molecule has 1 aliphatic carbocycles. The van der Waals surface area contributed by atoms with E-state index < -0.39 is 0 Å². The first-order chi connectivity index (χ1) is 11.4. The molecule has 3 aromatic heterocycles. The van der Waals surface area contributed by atoms with Gasteiger partial charge in [-0.25, -0.2) is 9.97 Å². The number of aromatic nitrogens is 4. The van der Waals surface area contributed by atoms with Gasteiger partial charge >= 0.3 is 0 Å². The molecular weight excluding hydrogens is 318 g/mol. The Labute approximate surface area is 146 Å². The van der Waals surface area contributed by atoms with Gasteiger partial charge < -0.3 is 5.32 Å². The van der Waals surface area contributed by atoms with Gasteiger partial charge in [-0.05, 0) is 30.2 Å². The van der Waals surface area contributed by atoms with E-state index in [1.807, 2.05) is 29.3 Å². The molecule has 1 unspecified atom stereocenters. The molecule has 0 fully saturated rings. The first-order valence-electron chi connectivity index (χ1n) is 8.44. The van der Waals surface area contributed by atoms with Crippen molar-refractivity contribution < 1.29 is 0 Å². The zero-order chi connectivity index (χ0) is 16.9. The van der Waals surface area contributed by atoms with Crippen LogP contribution in [0.1, 0.15) is 49.2 Å². The van der Waals surface area contributed by atoms with Crippen LogP contribution >= 0.6 is 11.3 Å². The molecule has 1 N–H and O–H groups in total. The molecule has 0 radical (unpaired) electrons. The highest BCUT2D eigenvalue weighted by atomic mass is 32.1. The maximum absolute atomic E-state index is 4.60. The standard InChI is InChI=1S/C18H23N5S/c1-18(2,3)15(11-8-21-23(4)9-11)22-16-14-12-6-5-7-13(12)24-17(14)20-10-19-16/h8-10,15H,5-7H2,1-4H3,(H,19,20,22). The van der Waals surface area contributed by atoms with E-state index in [9.17, 15) is 0 Å². The lowest BCUT2D eigenvalue weighted by molar-refractivity contribution is 0.347. The van der Waals surface area contributed by atoms with E-state index in [0.717, 1.165) is 17.1 Å². The third kappa shape index (κ3) is 2.59. The van der Waals surface area contributed by atoms with E-state index in [1.165, 1.54) is 34.2 Å². The van der Waals surface area contributed by atoms with E-state index in [2.05, 4.69) is 47.4 Å². The highest BCUT2D eigenvalue weighted by Gasteiger charge is 2.29. The van der Waals surface area contributed by atoms with Crippen molar-refractivity contribution in [2.45, 2.75) is 46.1 Å². The molecule has 4 rings (SSSR count). The zero-order valence-corrected chi connectivity index (χ0v) is 15.4. The number of thiophene rings is 1. The van der Waals surface area contributed by atoms with Crippen LogP contribution in [0.25, 0.3) is 10.2 Å². The van der Waals surface area contributed by atoms with Crippen LogP contribution in [-0.2, 0) is 19.9 Å². The minimum absolute atomic E-state index is 0.0412. The van der Waals surface area contributed by atoms with Gasteiger partial charge in [-0.15, -0.1) is 11.3 Å². The third-order valence-electron chi connectivity index (χ3n) is 4.71. The second-order valence-corrected chi connectivity index (χ2v) is 8.73. The third-order valence-corrected chi connectivity index (χ3v) is 5.91. The van der Waals surface area contributed by atoms with Gasteiger partial charge in [0.1, 0.15) is 17.0 Å². The summed E-state index contributed by atoms with van der Waals surface area (Å²) >= 11 is 1.83. The number of fused-ring (bicyclic) bond motifs is 3. The van der Waals surface area contributed by atoms with Gasteiger partial charge in [-0.2, -0.15) is 5.10 Å². The lowest BCUT2D eigenvalue weighted by Gasteiger charge is -2.31. The molecule has 6 heteroatoms. The lowest BCUT2D eigenvalue weighted by Crippen LogP contribution is -2.26. The monoisotopic (exact) mass is 341 g/mol. The van der Waals surface area contributed by atoms with Gasteiger partial charge in [0.2, 0.25) is 0 Å². The Hall–Kier alpha value is -1.95. The summed E-state index contributed by atoms with van der Waals surface area (Å²) < 4.78 is 1.85. The molecule has 1 aliphatic rings. The Kier molecular flexibility index (Phi) is 3.60. The van der Waals surface area contributed by atoms with Crippen LogP contribution in [0.2, 0.25) is 0 Å². The van der Waals surface area contributed by atoms with Crippen molar-refractivity contribution in [2.75, 3.05) is 5.32 Å². The van der Waals surface area contributed by atoms with Crippen molar-refractivity contribution >= 4 is 27.4 Å². The van der Waals surface area contributed by atoms with Crippen LogP contribution in [0.3, 0.4) is 0 Å². The predicted molar refractivity (Wildman–Crippen MR) is 98.5 cm³/mol. The van der Waals surface area contributed by atoms with Crippen molar-refractivity contribution in [1.82, 2.24) is 19.7 Å². The highest BCUT2D eigenvalue weighted by molar-refractivity contribution is 7.19. The van der Waals surface area contributed by atoms with E-state index in [-0.39, 0.29) is 11.5 Å². The maximum Gasteiger partial charge on any atom is 0.138 e. The van der Waals surface area contributed by atoms with Crippen molar-refractivity contribution in [3.8, 4) is 0 Å². The largest absolute Gasteiger partial charge is 0.362 e.